The van der Waals surface area contributed by atoms with Crippen molar-refractivity contribution in [1.82, 2.24) is 0 Å². The van der Waals surface area contributed by atoms with E-state index in [-0.39, 0.29) is 0 Å². The van der Waals surface area contributed by atoms with Crippen LogP contribution in [0.5, 0.6) is 0 Å². The quantitative estimate of drug-likeness (QED) is 0.345. The summed E-state index contributed by atoms with van der Waals surface area (Å²) >= 11 is 0. The Hall–Kier alpha value is -1.15. The Morgan fingerprint density at radius 2 is 1.55 bits per heavy atom. The highest BCUT2D eigenvalue weighted by atomic mass is 32.2. The number of halogens is 3. The first kappa shape index (κ1) is 20.9. The first-order chi connectivity index (χ1) is 10.1. The van der Waals surface area contributed by atoms with Gasteiger partial charge in [-0.2, -0.15) is 13.2 Å². The largest absolute Gasteiger partial charge is 0.741 e. The highest BCUT2D eigenvalue weighted by Crippen LogP contribution is 2.20. The fourth-order valence-electron chi connectivity index (χ4n) is 1.58. The Bertz CT molecular complexity index is 513. The Labute approximate surface area is 129 Å². The molecule has 0 radical (unpaired) electrons. The second kappa shape index (κ2) is 9.78. The number of rotatable bonds is 6. The van der Waals surface area contributed by atoms with Gasteiger partial charge < -0.3 is 4.55 Å². The molecule has 0 amide bonds. The van der Waals surface area contributed by atoms with Crippen molar-refractivity contribution in [2.45, 2.75) is 58.0 Å². The monoisotopic (exact) mass is 341 g/mol. The van der Waals surface area contributed by atoms with Crippen LogP contribution in [0, 0.1) is 6.92 Å². The molecule has 0 spiro atoms. The molecule has 1 rings (SSSR count). The Balaban J connectivity index is 0.000000472. The molecule has 1 aromatic rings. The molecule has 0 aliphatic rings. The highest BCUT2D eigenvalue weighted by Gasteiger charge is 2.36. The number of hydrogen-bond acceptors (Lipinski definition) is 3. The van der Waals surface area contributed by atoms with Gasteiger partial charge in [-0.15, -0.1) is 0 Å². The van der Waals surface area contributed by atoms with Crippen LogP contribution in [0.3, 0.4) is 0 Å². The van der Waals surface area contributed by atoms with E-state index in [1.165, 1.54) is 44.2 Å². The van der Waals surface area contributed by atoms with Crippen LogP contribution in [0.1, 0.15) is 44.6 Å². The van der Waals surface area contributed by atoms with E-state index in [2.05, 4.69) is 42.9 Å². The van der Waals surface area contributed by atoms with Crippen molar-refractivity contribution in [1.29, 1.82) is 0 Å². The summed E-state index contributed by atoms with van der Waals surface area (Å²) in [7, 11) is -6.09. The van der Waals surface area contributed by atoms with Gasteiger partial charge in [-0.25, -0.2) is 13.0 Å². The molecule has 0 aliphatic heterocycles. The van der Waals surface area contributed by atoms with Crippen molar-refractivity contribution in [3.8, 4) is 0 Å². The summed E-state index contributed by atoms with van der Waals surface area (Å²) in [6.45, 7) is 5.56. The van der Waals surface area contributed by atoms with Gasteiger partial charge in [0.05, 0.1) is 0 Å². The third kappa shape index (κ3) is 9.73. The lowest BCUT2D eigenvalue weighted by Crippen LogP contribution is -2.32. The lowest BCUT2D eigenvalue weighted by Gasteiger charge is -2.08. The van der Waals surface area contributed by atoms with Gasteiger partial charge in [0.2, 0.25) is 0 Å². The molecule has 0 N–H and O–H groups in total. The maximum atomic E-state index is 10.7. The predicted molar refractivity (Wildman–Crippen MR) is 75.9 cm³/mol. The lowest BCUT2D eigenvalue weighted by atomic mass is 10.1. The molecular weight excluding hydrogens is 319 g/mol. The Kier molecular flexibility index (Phi) is 9.27. The highest BCUT2D eigenvalue weighted by molar-refractivity contribution is 7.86. The van der Waals surface area contributed by atoms with Crippen LogP contribution >= 0.6 is 0 Å². The fourth-order valence-corrected chi connectivity index (χ4v) is 1.58. The number of nitrogens with zero attached hydrogens (tertiary/aromatic N) is 1. The summed E-state index contributed by atoms with van der Waals surface area (Å²) in [5.41, 5.74) is -4.31. The predicted octanol–water partition coefficient (Wildman–Crippen LogP) is 3.30. The first-order valence-electron chi connectivity index (χ1n) is 7.05. The summed E-state index contributed by atoms with van der Waals surface area (Å²) in [6, 6.07) is 4.35. The molecular formula is C14H22F3NO3S. The summed E-state index contributed by atoms with van der Waals surface area (Å²) < 4.78 is 61.2. The molecule has 0 aromatic carbocycles. The summed E-state index contributed by atoms with van der Waals surface area (Å²) in [6.07, 6.45) is 11.1. The molecule has 4 nitrogen and oxygen atoms in total. The van der Waals surface area contributed by atoms with Crippen molar-refractivity contribution in [2.24, 2.45) is 0 Å². The van der Waals surface area contributed by atoms with Gasteiger partial charge in [0.15, 0.2) is 22.5 Å². The molecule has 22 heavy (non-hydrogen) atoms. The van der Waals surface area contributed by atoms with Gasteiger partial charge in [-0.05, 0) is 18.9 Å². The van der Waals surface area contributed by atoms with E-state index in [0.717, 1.165) is 0 Å². The summed E-state index contributed by atoms with van der Waals surface area (Å²) in [5.74, 6) is 0. The van der Waals surface area contributed by atoms with Crippen LogP contribution in [-0.2, 0) is 16.7 Å². The van der Waals surface area contributed by atoms with Crippen LogP contribution in [-0.4, -0.2) is 18.5 Å². The lowest BCUT2D eigenvalue weighted by molar-refractivity contribution is -0.697. The summed E-state index contributed by atoms with van der Waals surface area (Å²) in [5, 5.41) is 0. The van der Waals surface area contributed by atoms with E-state index < -0.39 is 15.6 Å². The van der Waals surface area contributed by atoms with E-state index in [0.29, 0.717) is 0 Å². The van der Waals surface area contributed by atoms with Crippen LogP contribution in [0.25, 0.3) is 0 Å². The zero-order chi connectivity index (χ0) is 17.2. The van der Waals surface area contributed by atoms with Gasteiger partial charge in [0.1, 0.15) is 6.54 Å². The molecule has 8 heteroatoms. The van der Waals surface area contributed by atoms with Gasteiger partial charge >= 0.3 is 5.51 Å². The van der Waals surface area contributed by atoms with E-state index >= 15 is 0 Å². The maximum Gasteiger partial charge on any atom is 0.485 e. The van der Waals surface area contributed by atoms with Crippen molar-refractivity contribution < 1.29 is 30.7 Å². The number of alkyl halides is 3. The number of aromatic nitrogens is 1. The first-order valence-corrected chi connectivity index (χ1v) is 8.46. The van der Waals surface area contributed by atoms with Crippen molar-refractivity contribution >= 4 is 10.1 Å². The molecule has 1 heterocycles. The molecule has 0 atom stereocenters. The van der Waals surface area contributed by atoms with Gasteiger partial charge in [0, 0.05) is 18.6 Å². The van der Waals surface area contributed by atoms with Gasteiger partial charge in [-0.1, -0.05) is 26.2 Å². The van der Waals surface area contributed by atoms with Crippen molar-refractivity contribution in [3.05, 3.63) is 30.1 Å². The van der Waals surface area contributed by atoms with Gasteiger partial charge in [-0.3, -0.25) is 0 Å². The molecule has 0 bridgehead atoms. The Morgan fingerprint density at radius 3 is 1.95 bits per heavy atom. The zero-order valence-electron chi connectivity index (χ0n) is 12.8. The van der Waals surface area contributed by atoms with Crippen molar-refractivity contribution in [2.75, 3.05) is 0 Å². The number of pyridine rings is 1. The molecule has 0 saturated heterocycles. The minimum Gasteiger partial charge on any atom is -0.741 e. The Morgan fingerprint density at radius 1 is 1.09 bits per heavy atom. The number of unbranched alkanes of at least 4 members (excludes halogenated alkanes) is 4. The molecule has 0 saturated carbocycles. The normalized spacial score (nSPS) is 11.7. The van der Waals surface area contributed by atoms with Crippen LogP contribution in [0.2, 0.25) is 0 Å². The topological polar surface area (TPSA) is 61.1 Å². The SMILES string of the molecule is CCCCCCC[n+]1ccc(C)cc1.O=S(=O)([O-])C(F)(F)F. The summed E-state index contributed by atoms with van der Waals surface area (Å²) in [4.78, 5) is 0. The maximum absolute atomic E-state index is 10.7. The molecule has 0 unspecified atom stereocenters. The smallest absolute Gasteiger partial charge is 0.485 e. The van der Waals surface area contributed by atoms with E-state index in [9.17, 15) is 13.2 Å². The van der Waals surface area contributed by atoms with Crippen LogP contribution in [0.4, 0.5) is 13.2 Å². The molecule has 0 fully saturated rings. The average Bonchev–Trinajstić information content (AvgIpc) is 2.39. The average molecular weight is 341 g/mol. The third-order valence-electron chi connectivity index (χ3n) is 2.86. The van der Waals surface area contributed by atoms with Crippen LogP contribution < -0.4 is 4.57 Å². The van der Waals surface area contributed by atoms with Gasteiger partial charge in [0.25, 0.3) is 0 Å². The minimum atomic E-state index is -6.09. The van der Waals surface area contributed by atoms with E-state index in [4.69, 9.17) is 13.0 Å². The molecule has 1 aromatic heterocycles. The molecule has 0 aliphatic carbocycles. The standard InChI is InChI=1S/C13H22N.CHF3O3S/c1-3-4-5-6-7-10-14-11-8-13(2)9-12-14;2-1(3,4)8(5,6)7/h8-9,11-12H,3-7,10H2,1-2H3;(H,5,6,7)/q+1;/p-1. The third-order valence-corrected chi connectivity index (χ3v) is 3.43. The molecule has 128 valence electrons. The zero-order valence-corrected chi connectivity index (χ0v) is 13.6. The number of hydrogen-bond donors (Lipinski definition) is 0. The second-order valence-electron chi connectivity index (χ2n) is 4.93. The fraction of sp³-hybridized carbons (Fsp3) is 0.643. The number of aryl methyl sites for hydroxylation is 2. The van der Waals surface area contributed by atoms with E-state index in [1.807, 2.05) is 0 Å². The van der Waals surface area contributed by atoms with Crippen LogP contribution in [0.15, 0.2) is 24.5 Å². The van der Waals surface area contributed by atoms with E-state index in [1.54, 1.807) is 0 Å². The van der Waals surface area contributed by atoms with Crippen molar-refractivity contribution in [3.63, 3.8) is 0 Å². The minimum absolute atomic E-state index is 1.17. The second-order valence-corrected chi connectivity index (χ2v) is 6.30.